The molecule has 1 aliphatic heterocycles. The van der Waals surface area contributed by atoms with Gasteiger partial charge in [0.05, 0.1) is 0 Å². The Bertz CT molecular complexity index is 328. The van der Waals surface area contributed by atoms with E-state index in [1.54, 1.807) is 0 Å². The molecular weight excluding hydrogens is 189 g/mol. The van der Waals surface area contributed by atoms with Gasteiger partial charge < -0.3 is 4.90 Å². The first-order valence-electron chi connectivity index (χ1n) is 6.02. The van der Waals surface area contributed by atoms with Crippen LogP contribution in [0.15, 0.2) is 12.1 Å². The van der Waals surface area contributed by atoms with Crippen molar-refractivity contribution in [1.29, 1.82) is 0 Å². The molecule has 16 heavy (non-hydrogen) atoms. The summed E-state index contributed by atoms with van der Waals surface area (Å²) in [6, 6.07) is 7.54. The van der Waals surface area contributed by atoms with Crippen molar-refractivity contribution in [3.63, 3.8) is 0 Å². The summed E-state index contributed by atoms with van der Waals surface area (Å²) in [4.78, 5) is 2.54. The van der Waals surface area contributed by atoms with Gasteiger partial charge >= 0.3 is 18.9 Å². The van der Waals surface area contributed by atoms with Gasteiger partial charge in [-0.05, 0) is 12.8 Å². The molecule has 1 nitrogen and oxygen atoms in total. The Labute approximate surface area is 111 Å². The molecule has 0 unspecified atom stereocenters. The molecule has 2 rings (SSSR count). The van der Waals surface area contributed by atoms with Crippen molar-refractivity contribution < 1.29 is 18.9 Å². The van der Waals surface area contributed by atoms with Gasteiger partial charge in [-0.25, -0.2) is 0 Å². The summed E-state index contributed by atoms with van der Waals surface area (Å²) in [7, 11) is 0. The summed E-state index contributed by atoms with van der Waals surface area (Å²) in [5.41, 5.74) is 4.12. The molecule has 1 aromatic rings. The van der Waals surface area contributed by atoms with Crippen molar-refractivity contribution in [2.24, 2.45) is 0 Å². The fourth-order valence-corrected chi connectivity index (χ4v) is 2.33. The zero-order valence-electron chi connectivity index (χ0n) is 10.8. The molecule has 1 heterocycles. The molecule has 2 heteroatoms. The van der Waals surface area contributed by atoms with E-state index in [9.17, 15) is 0 Å². The predicted octanol–water partition coefficient (Wildman–Crippen LogP) is 0.488. The van der Waals surface area contributed by atoms with Crippen molar-refractivity contribution in [2.45, 2.75) is 39.5 Å². The number of nitrogens with zero attached hydrogens (tertiary/aromatic N) is 1. The number of aryl methyl sites for hydroxylation is 1. The molecule has 1 aromatic carbocycles. The Balaban J connectivity index is 0.00000128. The van der Waals surface area contributed by atoms with Crippen molar-refractivity contribution in [3.05, 3.63) is 29.3 Å². The van der Waals surface area contributed by atoms with Crippen LogP contribution in [0.2, 0.25) is 0 Å². The molecule has 0 saturated carbocycles. The first-order valence-corrected chi connectivity index (χ1v) is 6.02. The second-order valence-corrected chi connectivity index (χ2v) is 4.51. The predicted molar refractivity (Wildman–Crippen MR) is 65.4 cm³/mol. The van der Waals surface area contributed by atoms with Crippen LogP contribution in [0.25, 0.3) is 0 Å². The third-order valence-corrected chi connectivity index (χ3v) is 3.43. The summed E-state index contributed by atoms with van der Waals surface area (Å²) < 4.78 is 0. The van der Waals surface area contributed by atoms with E-state index < -0.39 is 0 Å². The Morgan fingerprint density at radius 1 is 1.06 bits per heavy atom. The van der Waals surface area contributed by atoms with Gasteiger partial charge in [-0.2, -0.15) is 17.7 Å². The van der Waals surface area contributed by atoms with Gasteiger partial charge in [0.15, 0.2) is 0 Å². The number of rotatable bonds is 1. The Morgan fingerprint density at radius 3 is 2.31 bits per heavy atom. The van der Waals surface area contributed by atoms with E-state index in [4.69, 9.17) is 0 Å². The standard InChI is InChI=1S/C14H20N.Li/c1-12-8-7-9-14(13(12)2)15-10-5-3-4-6-11-15;/h7,9H,3-6,10-11H2,1-2H3;/q-1;+1. The van der Waals surface area contributed by atoms with E-state index in [1.165, 1.54) is 55.6 Å². The van der Waals surface area contributed by atoms with E-state index in [0.29, 0.717) is 0 Å². The monoisotopic (exact) mass is 209 g/mol. The maximum Gasteiger partial charge on any atom is 1.00 e. The molecule has 1 saturated heterocycles. The van der Waals surface area contributed by atoms with Gasteiger partial charge in [-0.15, -0.1) is 11.6 Å². The molecule has 82 valence electrons. The van der Waals surface area contributed by atoms with Crippen LogP contribution in [-0.4, -0.2) is 13.1 Å². The van der Waals surface area contributed by atoms with E-state index in [2.05, 4.69) is 36.9 Å². The summed E-state index contributed by atoms with van der Waals surface area (Å²) in [5, 5.41) is 0. The second-order valence-electron chi connectivity index (χ2n) is 4.51. The van der Waals surface area contributed by atoms with Gasteiger partial charge in [-0.1, -0.05) is 32.4 Å². The van der Waals surface area contributed by atoms with Gasteiger partial charge in [0, 0.05) is 13.1 Å². The van der Waals surface area contributed by atoms with Crippen LogP contribution in [0.3, 0.4) is 0 Å². The molecular formula is C14H20LiN. The molecule has 0 N–H and O–H groups in total. The molecule has 0 bridgehead atoms. The number of benzene rings is 1. The van der Waals surface area contributed by atoms with Crippen LogP contribution in [0, 0.1) is 19.9 Å². The van der Waals surface area contributed by atoms with Crippen LogP contribution in [-0.2, 0) is 0 Å². The molecule has 0 amide bonds. The minimum Gasteiger partial charge on any atom is -0.393 e. The maximum absolute atomic E-state index is 3.27. The minimum absolute atomic E-state index is 0. The minimum atomic E-state index is 0. The summed E-state index contributed by atoms with van der Waals surface area (Å²) >= 11 is 0. The van der Waals surface area contributed by atoms with E-state index >= 15 is 0 Å². The summed E-state index contributed by atoms with van der Waals surface area (Å²) in [6.07, 6.45) is 5.48. The van der Waals surface area contributed by atoms with E-state index in [1.807, 2.05) is 0 Å². The third kappa shape index (κ3) is 3.06. The molecule has 0 aromatic heterocycles. The number of hydrogen-bond donors (Lipinski definition) is 0. The summed E-state index contributed by atoms with van der Waals surface area (Å²) in [6.45, 7) is 6.82. The van der Waals surface area contributed by atoms with Crippen LogP contribution in [0.4, 0.5) is 5.69 Å². The largest absolute Gasteiger partial charge is 1.00 e. The van der Waals surface area contributed by atoms with Gasteiger partial charge in [0.1, 0.15) is 0 Å². The quantitative estimate of drug-likeness (QED) is 0.480. The molecule has 0 spiro atoms. The molecule has 1 aliphatic rings. The molecule has 0 atom stereocenters. The SMILES string of the molecule is Cc1[c-]ccc(N2CCCCCC2)c1C.[Li+]. The zero-order chi connectivity index (χ0) is 10.7. The van der Waals surface area contributed by atoms with Crippen LogP contribution in [0.1, 0.15) is 36.8 Å². The smallest absolute Gasteiger partial charge is 0.393 e. The average Bonchev–Trinajstić information content (AvgIpc) is 2.50. The van der Waals surface area contributed by atoms with E-state index in [-0.39, 0.29) is 18.9 Å². The molecule has 1 fully saturated rings. The van der Waals surface area contributed by atoms with Gasteiger partial charge in [0.25, 0.3) is 0 Å². The van der Waals surface area contributed by atoms with Crippen molar-refractivity contribution in [1.82, 2.24) is 0 Å². The summed E-state index contributed by atoms with van der Waals surface area (Å²) in [5.74, 6) is 0. The third-order valence-electron chi connectivity index (χ3n) is 3.43. The van der Waals surface area contributed by atoms with Gasteiger partial charge in [-0.3, -0.25) is 0 Å². The van der Waals surface area contributed by atoms with Crippen LogP contribution >= 0.6 is 0 Å². The Kier molecular flexibility index (Phi) is 5.45. The fourth-order valence-electron chi connectivity index (χ4n) is 2.33. The van der Waals surface area contributed by atoms with Crippen LogP contribution < -0.4 is 23.8 Å². The number of anilines is 1. The molecule has 0 radical (unpaired) electrons. The van der Waals surface area contributed by atoms with Crippen molar-refractivity contribution >= 4 is 5.69 Å². The normalized spacial score (nSPS) is 16.5. The Hall–Kier alpha value is -0.383. The average molecular weight is 209 g/mol. The van der Waals surface area contributed by atoms with Crippen molar-refractivity contribution in [2.75, 3.05) is 18.0 Å². The topological polar surface area (TPSA) is 3.24 Å². The first kappa shape index (κ1) is 13.7. The molecule has 0 aliphatic carbocycles. The van der Waals surface area contributed by atoms with E-state index in [0.717, 1.165) is 0 Å². The van der Waals surface area contributed by atoms with Crippen LogP contribution in [0.5, 0.6) is 0 Å². The van der Waals surface area contributed by atoms with Crippen molar-refractivity contribution in [3.8, 4) is 0 Å². The first-order chi connectivity index (χ1) is 7.29. The maximum atomic E-state index is 3.27. The van der Waals surface area contributed by atoms with Gasteiger partial charge in [0.2, 0.25) is 0 Å². The zero-order valence-corrected chi connectivity index (χ0v) is 10.8. The second kappa shape index (κ2) is 6.38. The fraction of sp³-hybridized carbons (Fsp3) is 0.571. The Morgan fingerprint density at radius 2 is 1.69 bits per heavy atom. The number of hydrogen-bond acceptors (Lipinski definition) is 1.